The molecule has 0 aromatic heterocycles. The fourth-order valence-electron chi connectivity index (χ4n) is 4.80. The van der Waals surface area contributed by atoms with Crippen molar-refractivity contribution in [2.24, 2.45) is 16.6 Å². The monoisotopic (exact) mass is 457 g/mol. The number of nitrogens with zero attached hydrogens (tertiary/aromatic N) is 2. The molecular formula is C25H29F2N3O3. The average Bonchev–Trinajstić information content (AvgIpc) is 3.50. The van der Waals surface area contributed by atoms with E-state index in [-0.39, 0.29) is 18.4 Å². The first kappa shape index (κ1) is 23.2. The molecule has 2 aromatic carbocycles. The molecule has 8 heteroatoms. The van der Waals surface area contributed by atoms with E-state index >= 15 is 0 Å². The van der Waals surface area contributed by atoms with E-state index in [0.29, 0.717) is 30.6 Å². The zero-order valence-corrected chi connectivity index (χ0v) is 18.4. The summed E-state index contributed by atoms with van der Waals surface area (Å²) in [7, 11) is 0. The highest BCUT2D eigenvalue weighted by atomic mass is 19.1. The second-order valence-electron chi connectivity index (χ2n) is 8.83. The molecular weight excluding hydrogens is 428 g/mol. The third-order valence-electron chi connectivity index (χ3n) is 6.56. The second-order valence-corrected chi connectivity index (χ2v) is 8.83. The van der Waals surface area contributed by atoms with E-state index in [2.05, 4.69) is 4.99 Å². The van der Waals surface area contributed by atoms with Crippen LogP contribution in [-0.2, 0) is 21.7 Å². The lowest BCUT2D eigenvalue weighted by Gasteiger charge is -2.33. The summed E-state index contributed by atoms with van der Waals surface area (Å²) in [6.45, 7) is 0.906. The highest BCUT2D eigenvalue weighted by molar-refractivity contribution is 5.82. The van der Waals surface area contributed by atoms with E-state index < -0.39 is 29.3 Å². The van der Waals surface area contributed by atoms with Crippen LogP contribution >= 0.6 is 0 Å². The van der Waals surface area contributed by atoms with E-state index in [1.165, 1.54) is 12.1 Å². The molecule has 0 spiro atoms. The van der Waals surface area contributed by atoms with E-state index in [0.717, 1.165) is 31.7 Å². The molecule has 1 saturated carbocycles. The molecule has 2 aliphatic rings. The molecule has 2 aromatic rings. The Morgan fingerprint density at radius 1 is 1.12 bits per heavy atom. The van der Waals surface area contributed by atoms with Gasteiger partial charge in [0.15, 0.2) is 11.6 Å². The van der Waals surface area contributed by atoms with Crippen LogP contribution in [0.15, 0.2) is 53.5 Å². The predicted molar refractivity (Wildman–Crippen MR) is 120 cm³/mol. The Balaban J connectivity index is 1.40. The molecule has 4 rings (SSSR count). The Bertz CT molecular complexity index is 991. The van der Waals surface area contributed by atoms with Gasteiger partial charge in [0.25, 0.3) is 0 Å². The maximum atomic E-state index is 13.4. The number of aliphatic hydroxyl groups is 1. The molecule has 1 heterocycles. The molecule has 2 fully saturated rings. The number of carbonyl (C=O) groups is 1. The first-order valence-electron chi connectivity index (χ1n) is 11.3. The van der Waals surface area contributed by atoms with Gasteiger partial charge in [-0.25, -0.2) is 18.6 Å². The van der Waals surface area contributed by atoms with Crippen LogP contribution < -0.4 is 5.73 Å². The van der Waals surface area contributed by atoms with Gasteiger partial charge in [0.2, 0.25) is 0 Å². The standard InChI is InChI=1S/C25H29F2N3O3/c26-20-12-17(13-21(27)14-20)15-29-24(28)30-11-10-22(16-30)33-23(31)25(32,19-8-4-5-9-19)18-6-2-1-3-7-18/h1-3,6-7,12-14,19,22,32H,4-5,8-11,15-16H2,(H2,28,29)/t22-,25+/m1/s1. The fraction of sp³-hybridized carbons (Fsp3) is 0.440. The summed E-state index contributed by atoms with van der Waals surface area (Å²) < 4.78 is 32.5. The summed E-state index contributed by atoms with van der Waals surface area (Å²) in [5, 5.41) is 11.5. The first-order valence-corrected chi connectivity index (χ1v) is 11.3. The van der Waals surface area contributed by atoms with E-state index in [9.17, 15) is 18.7 Å². The van der Waals surface area contributed by atoms with Gasteiger partial charge < -0.3 is 20.5 Å². The number of benzene rings is 2. The number of guanidine groups is 1. The number of esters is 1. The first-order chi connectivity index (χ1) is 15.9. The average molecular weight is 458 g/mol. The third kappa shape index (κ3) is 5.16. The third-order valence-corrected chi connectivity index (χ3v) is 6.56. The smallest absolute Gasteiger partial charge is 0.343 e. The summed E-state index contributed by atoms with van der Waals surface area (Å²) in [4.78, 5) is 19.2. The minimum absolute atomic E-state index is 0.0386. The lowest BCUT2D eigenvalue weighted by Crippen LogP contribution is -2.45. The molecule has 3 N–H and O–H groups in total. The van der Waals surface area contributed by atoms with E-state index in [4.69, 9.17) is 10.5 Å². The van der Waals surface area contributed by atoms with Gasteiger partial charge in [-0.2, -0.15) is 0 Å². The summed E-state index contributed by atoms with van der Waals surface area (Å²) in [6, 6.07) is 12.2. The van der Waals surface area contributed by atoms with Crippen LogP contribution in [0.2, 0.25) is 0 Å². The molecule has 0 bridgehead atoms. The van der Waals surface area contributed by atoms with Gasteiger partial charge in [-0.05, 0) is 36.1 Å². The van der Waals surface area contributed by atoms with Crippen LogP contribution in [0.25, 0.3) is 0 Å². The zero-order valence-electron chi connectivity index (χ0n) is 18.4. The topological polar surface area (TPSA) is 88.1 Å². The molecule has 176 valence electrons. The van der Waals surface area contributed by atoms with Crippen molar-refractivity contribution in [2.45, 2.75) is 50.4 Å². The molecule has 6 nitrogen and oxygen atoms in total. The Kier molecular flexibility index (Phi) is 6.93. The number of hydrogen-bond acceptors (Lipinski definition) is 4. The van der Waals surface area contributed by atoms with Crippen LogP contribution in [0, 0.1) is 17.6 Å². The second kappa shape index (κ2) is 9.87. The van der Waals surface area contributed by atoms with Crippen LogP contribution in [0.4, 0.5) is 8.78 Å². The lowest BCUT2D eigenvalue weighted by atomic mass is 9.80. The number of nitrogens with two attached hydrogens (primary N) is 1. The van der Waals surface area contributed by atoms with Crippen molar-refractivity contribution in [1.29, 1.82) is 0 Å². The van der Waals surface area contributed by atoms with Crippen LogP contribution in [0.1, 0.15) is 43.2 Å². The molecule has 0 unspecified atom stereocenters. The van der Waals surface area contributed by atoms with Crippen LogP contribution in [0.3, 0.4) is 0 Å². The molecule has 33 heavy (non-hydrogen) atoms. The maximum absolute atomic E-state index is 13.4. The van der Waals surface area contributed by atoms with Gasteiger partial charge in [0.05, 0.1) is 13.1 Å². The van der Waals surface area contributed by atoms with Crippen molar-refractivity contribution in [3.05, 3.63) is 71.3 Å². The Morgan fingerprint density at radius 2 is 1.79 bits per heavy atom. The minimum atomic E-state index is -1.67. The van der Waals surface area contributed by atoms with Crippen molar-refractivity contribution >= 4 is 11.9 Å². The predicted octanol–water partition coefficient (Wildman–Crippen LogP) is 3.48. The summed E-state index contributed by atoms with van der Waals surface area (Å²) in [6.07, 6.45) is 3.62. The van der Waals surface area contributed by atoms with E-state index in [1.54, 1.807) is 17.0 Å². The van der Waals surface area contributed by atoms with Gasteiger partial charge in [0.1, 0.15) is 17.7 Å². The molecule has 0 radical (unpaired) electrons. The molecule has 1 aliphatic heterocycles. The van der Waals surface area contributed by atoms with Crippen molar-refractivity contribution in [1.82, 2.24) is 4.90 Å². The number of halogens is 2. The number of hydrogen-bond donors (Lipinski definition) is 2. The van der Waals surface area contributed by atoms with Crippen LogP contribution in [-0.4, -0.2) is 41.1 Å². The molecule has 1 aliphatic carbocycles. The van der Waals surface area contributed by atoms with Crippen molar-refractivity contribution < 1.29 is 23.4 Å². The quantitative estimate of drug-likeness (QED) is 0.394. The fourth-order valence-corrected chi connectivity index (χ4v) is 4.80. The number of aliphatic imine (C=N–C) groups is 1. The molecule has 0 amide bonds. The number of ether oxygens (including phenoxy) is 1. The zero-order chi connectivity index (χ0) is 23.4. The van der Waals surface area contributed by atoms with E-state index in [1.807, 2.05) is 18.2 Å². The summed E-state index contributed by atoms with van der Waals surface area (Å²) in [5.41, 5.74) is 5.33. The number of carbonyl (C=O) groups excluding carboxylic acids is 1. The Hall–Kier alpha value is -3.00. The van der Waals surface area contributed by atoms with Gasteiger partial charge in [-0.3, -0.25) is 0 Å². The molecule has 2 atom stereocenters. The number of rotatable bonds is 6. The summed E-state index contributed by atoms with van der Waals surface area (Å²) >= 11 is 0. The van der Waals surface area contributed by atoms with Gasteiger partial charge in [0, 0.05) is 24.9 Å². The maximum Gasteiger partial charge on any atom is 0.343 e. The normalized spacial score (nSPS) is 21.2. The number of likely N-dealkylation sites (tertiary alicyclic amines) is 1. The Labute approximate surface area is 192 Å². The lowest BCUT2D eigenvalue weighted by molar-refractivity contribution is -0.178. The van der Waals surface area contributed by atoms with Gasteiger partial charge >= 0.3 is 5.97 Å². The highest BCUT2D eigenvalue weighted by Crippen LogP contribution is 2.41. The van der Waals surface area contributed by atoms with Crippen molar-refractivity contribution in [2.75, 3.05) is 13.1 Å². The molecule has 1 saturated heterocycles. The minimum Gasteiger partial charge on any atom is -0.458 e. The van der Waals surface area contributed by atoms with Gasteiger partial charge in [-0.15, -0.1) is 0 Å². The van der Waals surface area contributed by atoms with Crippen molar-refractivity contribution in [3.63, 3.8) is 0 Å². The highest BCUT2D eigenvalue weighted by Gasteiger charge is 2.48. The Morgan fingerprint density at radius 3 is 2.45 bits per heavy atom. The SMILES string of the molecule is NC(=NCc1cc(F)cc(F)c1)N1CC[C@@H](OC(=O)[C@](O)(c2ccccc2)C2CCCC2)C1. The summed E-state index contributed by atoms with van der Waals surface area (Å²) in [5.74, 6) is -1.92. The largest absolute Gasteiger partial charge is 0.458 e. The van der Waals surface area contributed by atoms with Gasteiger partial charge in [-0.1, -0.05) is 43.2 Å². The van der Waals surface area contributed by atoms with Crippen LogP contribution in [0.5, 0.6) is 0 Å². The van der Waals surface area contributed by atoms with Crippen molar-refractivity contribution in [3.8, 4) is 0 Å².